The molecule has 4 nitrogen and oxygen atoms in total. The topological polar surface area (TPSA) is 72.3 Å². The molecule has 1 aliphatic heterocycles. The van der Waals surface area contributed by atoms with Crippen molar-refractivity contribution < 1.29 is 4.79 Å². The maximum Gasteiger partial charge on any atom is 0.237 e. The van der Waals surface area contributed by atoms with E-state index in [0.717, 1.165) is 17.0 Å². The van der Waals surface area contributed by atoms with Crippen LogP contribution in [0.4, 0.5) is 11.4 Å². The number of hydrogen-bond acceptors (Lipinski definition) is 4. The van der Waals surface area contributed by atoms with Gasteiger partial charge in [-0.3, -0.25) is 4.79 Å². The number of thioether (sulfide) groups is 1. The van der Waals surface area contributed by atoms with Crippen LogP contribution in [0.3, 0.4) is 0 Å². The summed E-state index contributed by atoms with van der Waals surface area (Å²) in [7, 11) is 0. The Kier molecular flexibility index (Phi) is 3.59. The van der Waals surface area contributed by atoms with E-state index in [-0.39, 0.29) is 11.9 Å². The summed E-state index contributed by atoms with van der Waals surface area (Å²) in [4.78, 5) is 14.8. The highest BCUT2D eigenvalue weighted by Gasteiger charge is 2.24. The Morgan fingerprint density at radius 3 is 3.00 bits per heavy atom. The minimum Gasteiger partial charge on any atom is -0.399 e. The molecule has 92 valence electrons. The molecule has 0 bridgehead atoms. The SMILES string of the molecule is CC(N)CCN1C(=O)CSc2ccc(N)cc21. The number of carbonyl (C=O) groups excluding carboxylic acids is 1. The molecule has 5 heteroatoms. The quantitative estimate of drug-likeness (QED) is 0.797. The van der Waals surface area contributed by atoms with Crippen molar-refractivity contribution >= 4 is 29.0 Å². The normalized spacial score (nSPS) is 16.8. The molecule has 2 rings (SSSR count). The molecule has 17 heavy (non-hydrogen) atoms. The van der Waals surface area contributed by atoms with E-state index in [9.17, 15) is 4.79 Å². The van der Waals surface area contributed by atoms with Crippen LogP contribution in [0.15, 0.2) is 23.1 Å². The van der Waals surface area contributed by atoms with Gasteiger partial charge < -0.3 is 16.4 Å². The fraction of sp³-hybridized carbons (Fsp3) is 0.417. The summed E-state index contributed by atoms with van der Waals surface area (Å²) in [5, 5.41) is 0. The zero-order valence-electron chi connectivity index (χ0n) is 9.85. The monoisotopic (exact) mass is 251 g/mol. The van der Waals surface area contributed by atoms with Gasteiger partial charge >= 0.3 is 0 Å². The lowest BCUT2D eigenvalue weighted by molar-refractivity contribution is -0.116. The van der Waals surface area contributed by atoms with Gasteiger partial charge in [0.15, 0.2) is 0 Å². The largest absolute Gasteiger partial charge is 0.399 e. The summed E-state index contributed by atoms with van der Waals surface area (Å²) in [5.74, 6) is 0.629. The lowest BCUT2D eigenvalue weighted by atomic mass is 10.2. The van der Waals surface area contributed by atoms with Crippen LogP contribution >= 0.6 is 11.8 Å². The van der Waals surface area contributed by atoms with E-state index < -0.39 is 0 Å². The van der Waals surface area contributed by atoms with Crippen LogP contribution in [-0.4, -0.2) is 24.2 Å². The van der Waals surface area contributed by atoms with Gasteiger partial charge in [0, 0.05) is 23.2 Å². The van der Waals surface area contributed by atoms with Gasteiger partial charge in [-0.05, 0) is 31.5 Å². The number of nitrogen functional groups attached to an aromatic ring is 1. The van der Waals surface area contributed by atoms with Gasteiger partial charge in [0.1, 0.15) is 0 Å². The molecule has 4 N–H and O–H groups in total. The van der Waals surface area contributed by atoms with Crippen molar-refractivity contribution in [2.45, 2.75) is 24.3 Å². The summed E-state index contributed by atoms with van der Waals surface area (Å²) >= 11 is 1.57. The van der Waals surface area contributed by atoms with Gasteiger partial charge in [-0.15, -0.1) is 11.8 Å². The zero-order valence-corrected chi connectivity index (χ0v) is 10.7. The number of benzene rings is 1. The molecule has 0 saturated heterocycles. The van der Waals surface area contributed by atoms with Gasteiger partial charge in [0.2, 0.25) is 5.91 Å². The van der Waals surface area contributed by atoms with Crippen LogP contribution in [0.5, 0.6) is 0 Å². The minimum absolute atomic E-state index is 0.0990. The number of nitrogens with zero attached hydrogens (tertiary/aromatic N) is 1. The second-order valence-corrected chi connectivity index (χ2v) is 5.34. The molecule has 0 aliphatic carbocycles. The third-order valence-corrected chi connectivity index (χ3v) is 3.78. The van der Waals surface area contributed by atoms with Gasteiger partial charge in [-0.25, -0.2) is 0 Å². The van der Waals surface area contributed by atoms with Crippen molar-refractivity contribution in [1.82, 2.24) is 0 Å². The first-order valence-electron chi connectivity index (χ1n) is 5.66. The number of hydrogen-bond donors (Lipinski definition) is 2. The second-order valence-electron chi connectivity index (χ2n) is 4.33. The smallest absolute Gasteiger partial charge is 0.237 e. The highest BCUT2D eigenvalue weighted by atomic mass is 32.2. The molecule has 0 radical (unpaired) electrons. The number of rotatable bonds is 3. The lowest BCUT2D eigenvalue weighted by Crippen LogP contribution is -2.38. The van der Waals surface area contributed by atoms with E-state index in [4.69, 9.17) is 11.5 Å². The molecule has 0 aromatic heterocycles. The van der Waals surface area contributed by atoms with Crippen LogP contribution in [0, 0.1) is 0 Å². The van der Waals surface area contributed by atoms with Crippen LogP contribution in [-0.2, 0) is 4.79 Å². The summed E-state index contributed by atoms with van der Waals surface area (Å²) in [5.41, 5.74) is 13.1. The predicted molar refractivity (Wildman–Crippen MR) is 72.2 cm³/mol. The van der Waals surface area contributed by atoms with Crippen molar-refractivity contribution in [3.8, 4) is 0 Å². The Bertz CT molecular complexity index is 434. The van der Waals surface area contributed by atoms with E-state index in [1.54, 1.807) is 16.7 Å². The molecule has 1 unspecified atom stereocenters. The first kappa shape index (κ1) is 12.3. The standard InChI is InChI=1S/C12H17N3OS/c1-8(13)4-5-15-10-6-9(14)2-3-11(10)17-7-12(15)16/h2-3,6,8H,4-5,7,13-14H2,1H3. The molecule has 1 aromatic carbocycles. The lowest BCUT2D eigenvalue weighted by Gasteiger charge is -2.29. The summed E-state index contributed by atoms with van der Waals surface area (Å²) < 4.78 is 0. The average Bonchev–Trinajstić information content (AvgIpc) is 2.27. The summed E-state index contributed by atoms with van der Waals surface area (Å²) in [6.07, 6.45) is 0.796. The number of nitrogens with two attached hydrogens (primary N) is 2. The predicted octanol–water partition coefficient (Wildman–Crippen LogP) is 1.44. The average molecular weight is 251 g/mol. The summed E-state index contributed by atoms with van der Waals surface area (Å²) in [6.45, 7) is 2.61. The van der Waals surface area contributed by atoms with Crippen molar-refractivity contribution in [2.75, 3.05) is 22.9 Å². The third-order valence-electron chi connectivity index (χ3n) is 2.73. The molecule has 0 fully saturated rings. The van der Waals surface area contributed by atoms with Crippen LogP contribution in [0.25, 0.3) is 0 Å². The Morgan fingerprint density at radius 1 is 1.53 bits per heavy atom. The molecule has 1 heterocycles. The Hall–Kier alpha value is -1.20. The van der Waals surface area contributed by atoms with Crippen molar-refractivity contribution in [2.24, 2.45) is 5.73 Å². The highest BCUT2D eigenvalue weighted by Crippen LogP contribution is 2.36. The molecule has 1 atom stereocenters. The molecule has 1 aromatic rings. The third kappa shape index (κ3) is 2.73. The first-order valence-corrected chi connectivity index (χ1v) is 6.65. The molecule has 0 spiro atoms. The Labute approximate surface area is 105 Å². The number of anilines is 2. The van der Waals surface area contributed by atoms with E-state index >= 15 is 0 Å². The molecular weight excluding hydrogens is 234 g/mol. The molecular formula is C12H17N3OS. The Balaban J connectivity index is 2.26. The zero-order chi connectivity index (χ0) is 12.4. The van der Waals surface area contributed by atoms with Gasteiger partial charge in [0.05, 0.1) is 11.4 Å². The van der Waals surface area contributed by atoms with Gasteiger partial charge in [-0.2, -0.15) is 0 Å². The Morgan fingerprint density at radius 2 is 2.29 bits per heavy atom. The van der Waals surface area contributed by atoms with E-state index in [0.29, 0.717) is 18.0 Å². The number of fused-ring (bicyclic) bond motifs is 1. The van der Waals surface area contributed by atoms with Gasteiger partial charge in [0.25, 0.3) is 0 Å². The molecule has 0 saturated carbocycles. The number of carbonyl (C=O) groups is 1. The van der Waals surface area contributed by atoms with Crippen LogP contribution in [0.2, 0.25) is 0 Å². The van der Waals surface area contributed by atoms with Crippen molar-refractivity contribution in [3.63, 3.8) is 0 Å². The minimum atomic E-state index is 0.0990. The highest BCUT2D eigenvalue weighted by molar-refractivity contribution is 8.00. The number of amides is 1. The maximum absolute atomic E-state index is 11.9. The van der Waals surface area contributed by atoms with Crippen LogP contribution in [0.1, 0.15) is 13.3 Å². The van der Waals surface area contributed by atoms with Crippen LogP contribution < -0.4 is 16.4 Å². The fourth-order valence-corrected chi connectivity index (χ4v) is 2.71. The van der Waals surface area contributed by atoms with Crippen molar-refractivity contribution in [3.05, 3.63) is 18.2 Å². The van der Waals surface area contributed by atoms with E-state index in [1.165, 1.54) is 0 Å². The summed E-state index contributed by atoms with van der Waals surface area (Å²) in [6, 6.07) is 5.80. The maximum atomic E-state index is 11.9. The molecule has 1 aliphatic rings. The van der Waals surface area contributed by atoms with E-state index in [1.807, 2.05) is 25.1 Å². The van der Waals surface area contributed by atoms with Gasteiger partial charge in [-0.1, -0.05) is 0 Å². The second kappa shape index (κ2) is 4.98. The van der Waals surface area contributed by atoms with E-state index in [2.05, 4.69) is 0 Å². The van der Waals surface area contributed by atoms with Crippen molar-refractivity contribution in [1.29, 1.82) is 0 Å². The molecule has 1 amide bonds. The first-order chi connectivity index (χ1) is 8.08. The fourth-order valence-electron chi connectivity index (χ4n) is 1.80.